The van der Waals surface area contributed by atoms with E-state index in [-0.39, 0.29) is 75.8 Å². The number of hydrogen-bond acceptors (Lipinski definition) is 8. The first kappa shape index (κ1) is 23.9. The van der Waals surface area contributed by atoms with Gasteiger partial charge >= 0.3 is 11.9 Å². The number of epoxide rings is 1. The predicted molar refractivity (Wildman–Crippen MR) is 129 cm³/mol. The second-order valence-corrected chi connectivity index (χ2v) is 9.65. The Kier molecular flexibility index (Phi) is 10.2. The summed E-state index contributed by atoms with van der Waals surface area (Å²) in [5.41, 5.74) is 0.530. The van der Waals surface area contributed by atoms with Gasteiger partial charge in [0, 0.05) is 29.8 Å². The van der Waals surface area contributed by atoms with Crippen LogP contribution in [-0.2, 0) is 23.8 Å². The highest BCUT2D eigenvalue weighted by atomic mass is 16.6. The van der Waals surface area contributed by atoms with Gasteiger partial charge in [0.25, 0.3) is 0 Å². The Balaban J connectivity index is 1.75. The second kappa shape index (κ2) is 14.9. The number of esters is 1. The van der Waals surface area contributed by atoms with Crippen LogP contribution in [-0.4, -0.2) is 82.2 Å². The minimum atomic E-state index is -2.28. The zero-order valence-corrected chi connectivity index (χ0v) is 20.9. The highest BCUT2D eigenvalue weighted by Crippen LogP contribution is 2.38. The molecule has 2 aliphatic rings. The van der Waals surface area contributed by atoms with Gasteiger partial charge < -0.3 is 34.6 Å². The number of aliphatic hydroxyl groups is 3. The van der Waals surface area contributed by atoms with Crippen molar-refractivity contribution in [3.8, 4) is 0 Å². The highest BCUT2D eigenvalue weighted by Gasteiger charge is 2.48. The fourth-order valence-electron chi connectivity index (χ4n) is 4.20. The Bertz CT molecular complexity index is 851. The van der Waals surface area contributed by atoms with E-state index in [0.29, 0.717) is 12.0 Å². The summed E-state index contributed by atoms with van der Waals surface area (Å²) in [7, 11) is 0. The fraction of sp³-hybridized carbons (Fsp3) is 0.846. The minimum Gasteiger partial charge on any atom is -0.481 e. The van der Waals surface area contributed by atoms with Gasteiger partial charge in [0.05, 0.1) is 43.7 Å². The number of ether oxygens (including phenoxy) is 3. The largest absolute Gasteiger partial charge is 0.481 e. The van der Waals surface area contributed by atoms with Crippen LogP contribution >= 0.6 is 0 Å². The zero-order valence-electron chi connectivity index (χ0n) is 24.9. The molecule has 0 spiro atoms. The summed E-state index contributed by atoms with van der Waals surface area (Å²) in [6.45, 7) is 5.12. The predicted octanol–water partition coefficient (Wildman–Crippen LogP) is 2.59. The maximum absolute atomic E-state index is 12.2. The number of unbranched alkanes of at least 4 members (excludes halogenated alkanes) is 1. The van der Waals surface area contributed by atoms with E-state index in [1.54, 1.807) is 13.8 Å². The maximum atomic E-state index is 12.2. The van der Waals surface area contributed by atoms with Crippen molar-refractivity contribution in [2.45, 2.75) is 115 Å². The first-order chi connectivity index (χ1) is 18.1. The van der Waals surface area contributed by atoms with E-state index >= 15 is 0 Å². The van der Waals surface area contributed by atoms with E-state index in [4.69, 9.17) is 24.8 Å². The van der Waals surface area contributed by atoms with E-state index in [2.05, 4.69) is 0 Å². The van der Waals surface area contributed by atoms with Crippen LogP contribution in [0.15, 0.2) is 11.6 Å². The van der Waals surface area contributed by atoms with Crippen LogP contribution < -0.4 is 0 Å². The average Bonchev–Trinajstić information content (AvgIpc) is 3.59. The van der Waals surface area contributed by atoms with Crippen LogP contribution in [0, 0.1) is 11.8 Å². The van der Waals surface area contributed by atoms with E-state index < -0.39 is 49.1 Å². The van der Waals surface area contributed by atoms with Crippen molar-refractivity contribution in [2.75, 3.05) is 13.2 Å². The summed E-state index contributed by atoms with van der Waals surface area (Å²) in [5.74, 6) is -2.08. The molecule has 2 fully saturated rings. The average molecular weight is 505 g/mol. The number of hydrogen-bond donors (Lipinski definition) is 4. The Hall–Kier alpha value is -1.52. The molecule has 35 heavy (non-hydrogen) atoms. The monoisotopic (exact) mass is 504 g/mol. The van der Waals surface area contributed by atoms with Gasteiger partial charge in [0.15, 0.2) is 0 Å². The van der Waals surface area contributed by atoms with Gasteiger partial charge in [-0.05, 0) is 39.5 Å². The molecule has 0 aromatic carbocycles. The van der Waals surface area contributed by atoms with Crippen molar-refractivity contribution in [2.24, 2.45) is 11.8 Å². The quantitative estimate of drug-likeness (QED) is 0.108. The summed E-state index contributed by atoms with van der Waals surface area (Å²) in [4.78, 5) is 22.8. The molecule has 0 saturated carbocycles. The van der Waals surface area contributed by atoms with Crippen molar-refractivity contribution >= 4 is 11.9 Å². The molecular formula is C26H44O9. The normalized spacial score (nSPS) is 33.0. The summed E-state index contributed by atoms with van der Waals surface area (Å²) in [5, 5.41) is 39.6. The van der Waals surface area contributed by atoms with E-state index in [9.17, 15) is 24.9 Å². The van der Waals surface area contributed by atoms with Crippen LogP contribution in [0.4, 0.5) is 0 Å². The van der Waals surface area contributed by atoms with E-state index in [1.807, 2.05) is 6.92 Å². The third kappa shape index (κ3) is 10.6. The lowest BCUT2D eigenvalue weighted by molar-refractivity contribution is -0.165. The van der Waals surface area contributed by atoms with E-state index in [0.717, 1.165) is 0 Å². The van der Waals surface area contributed by atoms with Crippen LogP contribution in [0.2, 0.25) is 0 Å². The van der Waals surface area contributed by atoms with E-state index in [1.165, 1.54) is 6.08 Å². The number of carboxylic acids is 1. The highest BCUT2D eigenvalue weighted by molar-refractivity contribution is 5.82. The third-order valence-corrected chi connectivity index (χ3v) is 6.60. The first-order valence-corrected chi connectivity index (χ1v) is 12.4. The molecule has 202 valence electrons. The molecule has 8 atom stereocenters. The lowest BCUT2D eigenvalue weighted by Gasteiger charge is -2.38. The van der Waals surface area contributed by atoms with Gasteiger partial charge in [-0.15, -0.1) is 0 Å². The van der Waals surface area contributed by atoms with Gasteiger partial charge in [-0.25, -0.2) is 4.79 Å². The molecule has 0 aromatic heterocycles. The molecule has 4 N–H and O–H groups in total. The summed E-state index contributed by atoms with van der Waals surface area (Å²) < 4.78 is 48.6. The molecular weight excluding hydrogens is 456 g/mol. The molecule has 9 heteroatoms. The molecule has 2 saturated heterocycles. The number of carbonyl (C=O) groups excluding carboxylic acids is 1. The van der Waals surface area contributed by atoms with Crippen molar-refractivity contribution < 1.29 is 49.7 Å². The Labute approximate surface area is 214 Å². The van der Waals surface area contributed by atoms with Gasteiger partial charge in [0.2, 0.25) is 0 Å². The standard InChI is InChI=1S/C26H44O9/c1-16(13-23(30)33-11-9-7-5-4-6-8-10-22(28)29)12-20-25(32)24(31)19(15-34-20)14-21-26(35-21)17(2)18(3)27/h13,17-21,24-27,31-32H,4-12,14-15H2,1-3H3,(H,28,29)/b16-13+/t17-,18-,19-,20-,21-,24+,25-,26-/m0/s1/i5D2,7D2. The molecule has 0 aromatic rings. The van der Waals surface area contributed by atoms with Crippen LogP contribution in [0.3, 0.4) is 0 Å². The molecule has 9 nitrogen and oxygen atoms in total. The molecule has 2 rings (SSSR count). The number of rotatable bonds is 16. The number of aliphatic hydroxyl groups excluding tert-OH is 3. The smallest absolute Gasteiger partial charge is 0.330 e. The number of carboxylic acid groups (broad SMARTS) is 1. The topological polar surface area (TPSA) is 146 Å². The summed E-state index contributed by atoms with van der Waals surface area (Å²) >= 11 is 0. The SMILES string of the molecule is [2H]C([2H])(CCCCC(=O)O)C([2H])([2H])CCOC(=O)/C=C(\C)C[C@@H]1OC[C@H](C[C@@H]2O[C@H]2[C@@H](C)[C@H](C)O)[C@@H](O)[C@H]1O. The second-order valence-electron chi connectivity index (χ2n) is 9.65. The lowest BCUT2D eigenvalue weighted by Crippen LogP contribution is -2.50. The Morgan fingerprint density at radius 3 is 2.51 bits per heavy atom. The Morgan fingerprint density at radius 1 is 1.11 bits per heavy atom. The van der Waals surface area contributed by atoms with Crippen molar-refractivity contribution in [1.29, 1.82) is 0 Å². The van der Waals surface area contributed by atoms with Crippen molar-refractivity contribution in [3.63, 3.8) is 0 Å². The van der Waals surface area contributed by atoms with Crippen LogP contribution in [0.1, 0.15) is 83.9 Å². The summed E-state index contributed by atoms with van der Waals surface area (Å²) in [6.07, 6.45) is -6.37. The minimum absolute atomic E-state index is 0.0301. The molecule has 0 aliphatic carbocycles. The molecule has 0 amide bonds. The van der Waals surface area contributed by atoms with Crippen molar-refractivity contribution in [1.82, 2.24) is 0 Å². The molecule has 0 bridgehead atoms. The van der Waals surface area contributed by atoms with Gasteiger partial charge in [-0.2, -0.15) is 0 Å². The molecule has 0 unspecified atom stereocenters. The van der Waals surface area contributed by atoms with Gasteiger partial charge in [0.1, 0.15) is 6.10 Å². The lowest BCUT2D eigenvalue weighted by atomic mass is 9.85. The Morgan fingerprint density at radius 2 is 1.83 bits per heavy atom. The molecule has 0 radical (unpaired) electrons. The fourth-order valence-corrected chi connectivity index (χ4v) is 4.20. The van der Waals surface area contributed by atoms with Crippen molar-refractivity contribution in [3.05, 3.63) is 11.6 Å². The molecule has 2 heterocycles. The number of aliphatic carboxylic acids is 1. The maximum Gasteiger partial charge on any atom is 0.330 e. The first-order valence-electron chi connectivity index (χ1n) is 14.4. The zero-order chi connectivity index (χ0) is 29.5. The third-order valence-electron chi connectivity index (χ3n) is 6.60. The van der Waals surface area contributed by atoms with Gasteiger partial charge in [-0.1, -0.05) is 38.1 Å². The van der Waals surface area contributed by atoms with Crippen LogP contribution in [0.25, 0.3) is 0 Å². The number of carbonyl (C=O) groups is 2. The molecule has 2 aliphatic heterocycles. The summed E-state index contributed by atoms with van der Waals surface area (Å²) in [6, 6.07) is 0. The van der Waals surface area contributed by atoms with Crippen LogP contribution in [0.5, 0.6) is 0 Å². The van der Waals surface area contributed by atoms with Gasteiger partial charge in [-0.3, -0.25) is 4.79 Å².